The van der Waals surface area contributed by atoms with E-state index in [9.17, 15) is 0 Å². The van der Waals surface area contributed by atoms with Crippen molar-refractivity contribution in [2.75, 3.05) is 12.8 Å². The second-order valence-corrected chi connectivity index (χ2v) is 4.22. The number of nitrogen functional groups attached to an aromatic ring is 1. The number of rotatable bonds is 3. The van der Waals surface area contributed by atoms with Gasteiger partial charge in [0.25, 0.3) is 0 Å². The molecule has 3 rings (SSSR count). The number of aromatic nitrogens is 4. The highest BCUT2D eigenvalue weighted by molar-refractivity contribution is 5.87. The van der Waals surface area contributed by atoms with Crippen LogP contribution in [0.4, 0.5) is 5.82 Å². The number of hydrogen-bond acceptors (Lipinski definition) is 5. The second kappa shape index (κ2) is 5.00. The number of H-pyrrole nitrogens is 1. The van der Waals surface area contributed by atoms with Gasteiger partial charge >= 0.3 is 0 Å². The van der Waals surface area contributed by atoms with Crippen LogP contribution in [-0.2, 0) is 0 Å². The molecule has 0 unspecified atom stereocenters. The number of aromatic amines is 1. The quantitative estimate of drug-likeness (QED) is 0.758. The molecule has 0 saturated carbocycles. The molecule has 2 heterocycles. The molecule has 0 saturated heterocycles. The van der Waals surface area contributed by atoms with Crippen molar-refractivity contribution in [1.82, 2.24) is 20.4 Å². The lowest BCUT2D eigenvalue weighted by Gasteiger charge is -2.06. The fraction of sp³-hybridized carbons (Fsp3) is 0.0714. The third kappa shape index (κ3) is 2.07. The number of benzene rings is 1. The lowest BCUT2D eigenvalue weighted by molar-refractivity contribution is 0.415. The zero-order chi connectivity index (χ0) is 13.9. The molecule has 0 aliphatic heterocycles. The highest BCUT2D eigenvalue weighted by Crippen LogP contribution is 2.35. The van der Waals surface area contributed by atoms with Crippen molar-refractivity contribution < 1.29 is 4.74 Å². The highest BCUT2D eigenvalue weighted by atomic mass is 16.5. The lowest BCUT2D eigenvalue weighted by Crippen LogP contribution is -1.90. The Kier molecular flexibility index (Phi) is 3.04. The van der Waals surface area contributed by atoms with Crippen molar-refractivity contribution in [1.29, 1.82) is 0 Å². The van der Waals surface area contributed by atoms with Gasteiger partial charge < -0.3 is 10.5 Å². The Morgan fingerprint density at radius 1 is 1.15 bits per heavy atom. The summed E-state index contributed by atoms with van der Waals surface area (Å²) in [5, 5.41) is 14.7. The third-order valence-electron chi connectivity index (χ3n) is 3.03. The summed E-state index contributed by atoms with van der Waals surface area (Å²) >= 11 is 0. The largest absolute Gasteiger partial charge is 0.497 e. The van der Waals surface area contributed by atoms with Gasteiger partial charge in [-0.2, -0.15) is 15.3 Å². The maximum atomic E-state index is 5.98. The van der Waals surface area contributed by atoms with E-state index in [1.165, 1.54) is 0 Å². The van der Waals surface area contributed by atoms with E-state index in [0.29, 0.717) is 5.82 Å². The van der Waals surface area contributed by atoms with E-state index in [4.69, 9.17) is 10.5 Å². The molecule has 0 atom stereocenters. The van der Waals surface area contributed by atoms with Crippen LogP contribution < -0.4 is 10.5 Å². The van der Waals surface area contributed by atoms with Crippen molar-refractivity contribution in [2.45, 2.75) is 0 Å². The standard InChI is InChI=1S/C14H13N5O/c1-20-11-4-2-3-9(7-11)12-13(18-19-14(12)15)10-5-6-16-17-8-10/h2-8H,1H3,(H3,15,18,19). The minimum atomic E-state index is 0.435. The Morgan fingerprint density at radius 2 is 2.05 bits per heavy atom. The third-order valence-corrected chi connectivity index (χ3v) is 3.03. The van der Waals surface area contributed by atoms with Crippen LogP contribution in [0.5, 0.6) is 5.75 Å². The van der Waals surface area contributed by atoms with Gasteiger partial charge in [-0.3, -0.25) is 5.10 Å². The molecule has 6 nitrogen and oxygen atoms in total. The van der Waals surface area contributed by atoms with Crippen LogP contribution in [0.25, 0.3) is 22.4 Å². The molecule has 3 N–H and O–H groups in total. The first-order chi connectivity index (χ1) is 9.79. The second-order valence-electron chi connectivity index (χ2n) is 4.22. The molecule has 0 aliphatic rings. The molecular formula is C14H13N5O. The van der Waals surface area contributed by atoms with Gasteiger partial charge in [-0.25, -0.2) is 0 Å². The van der Waals surface area contributed by atoms with Crippen molar-refractivity contribution in [3.05, 3.63) is 42.7 Å². The zero-order valence-electron chi connectivity index (χ0n) is 10.9. The number of ether oxygens (including phenoxy) is 1. The van der Waals surface area contributed by atoms with Gasteiger partial charge in [0.05, 0.1) is 30.8 Å². The van der Waals surface area contributed by atoms with E-state index in [1.807, 2.05) is 30.3 Å². The van der Waals surface area contributed by atoms with E-state index in [2.05, 4.69) is 20.4 Å². The highest BCUT2D eigenvalue weighted by Gasteiger charge is 2.15. The number of nitrogens with zero attached hydrogens (tertiary/aromatic N) is 3. The van der Waals surface area contributed by atoms with Gasteiger partial charge in [-0.05, 0) is 23.8 Å². The molecule has 0 spiro atoms. The van der Waals surface area contributed by atoms with Crippen LogP contribution in [-0.4, -0.2) is 27.5 Å². The number of nitrogens with one attached hydrogen (secondary N) is 1. The summed E-state index contributed by atoms with van der Waals surface area (Å²) in [4.78, 5) is 0. The smallest absolute Gasteiger partial charge is 0.153 e. The van der Waals surface area contributed by atoms with Crippen LogP contribution in [0.3, 0.4) is 0 Å². The van der Waals surface area contributed by atoms with Crippen molar-refractivity contribution in [3.8, 4) is 28.1 Å². The van der Waals surface area contributed by atoms with Gasteiger partial charge in [0.2, 0.25) is 0 Å². The predicted octanol–water partition coefficient (Wildman–Crippen LogP) is 2.12. The summed E-state index contributed by atoms with van der Waals surface area (Å²) in [6, 6.07) is 9.52. The zero-order valence-corrected chi connectivity index (χ0v) is 10.9. The molecule has 100 valence electrons. The van der Waals surface area contributed by atoms with E-state index in [1.54, 1.807) is 19.5 Å². The Morgan fingerprint density at radius 3 is 2.80 bits per heavy atom. The summed E-state index contributed by atoms with van der Waals surface area (Å²) < 4.78 is 5.24. The van der Waals surface area contributed by atoms with Gasteiger partial charge in [-0.1, -0.05) is 12.1 Å². The average molecular weight is 267 g/mol. The van der Waals surface area contributed by atoms with Crippen LogP contribution >= 0.6 is 0 Å². The molecule has 2 aromatic heterocycles. The summed E-state index contributed by atoms with van der Waals surface area (Å²) in [5.41, 5.74) is 9.43. The first-order valence-corrected chi connectivity index (χ1v) is 6.05. The van der Waals surface area contributed by atoms with E-state index in [-0.39, 0.29) is 0 Å². The molecule has 3 aromatic rings. The van der Waals surface area contributed by atoms with Crippen LogP contribution in [0.2, 0.25) is 0 Å². The molecule has 6 heteroatoms. The van der Waals surface area contributed by atoms with E-state index >= 15 is 0 Å². The van der Waals surface area contributed by atoms with Gasteiger partial charge in [0, 0.05) is 5.56 Å². The molecule has 0 aliphatic carbocycles. The van der Waals surface area contributed by atoms with Crippen molar-refractivity contribution in [2.24, 2.45) is 0 Å². The fourth-order valence-electron chi connectivity index (χ4n) is 2.07. The molecule has 0 radical (unpaired) electrons. The number of hydrogen-bond donors (Lipinski definition) is 2. The van der Waals surface area contributed by atoms with Crippen molar-refractivity contribution >= 4 is 5.82 Å². The monoisotopic (exact) mass is 267 g/mol. The van der Waals surface area contributed by atoms with Crippen LogP contribution in [0, 0.1) is 0 Å². The topological polar surface area (TPSA) is 89.7 Å². The molecule has 1 aromatic carbocycles. The molecule has 0 fully saturated rings. The lowest BCUT2D eigenvalue weighted by atomic mass is 10.0. The van der Waals surface area contributed by atoms with E-state index in [0.717, 1.165) is 28.1 Å². The molecule has 0 bridgehead atoms. The Hall–Kier alpha value is -2.89. The first-order valence-electron chi connectivity index (χ1n) is 6.05. The van der Waals surface area contributed by atoms with Gasteiger partial charge in [-0.15, -0.1) is 0 Å². The minimum Gasteiger partial charge on any atom is -0.497 e. The van der Waals surface area contributed by atoms with Gasteiger partial charge in [0.15, 0.2) is 5.82 Å². The predicted molar refractivity (Wildman–Crippen MR) is 76.0 cm³/mol. The van der Waals surface area contributed by atoms with E-state index < -0.39 is 0 Å². The van der Waals surface area contributed by atoms with Crippen LogP contribution in [0.15, 0.2) is 42.7 Å². The summed E-state index contributed by atoms with van der Waals surface area (Å²) in [5.74, 6) is 1.20. The molecular weight excluding hydrogens is 254 g/mol. The first kappa shape index (κ1) is 12.2. The Bertz CT molecular complexity index is 723. The summed E-state index contributed by atoms with van der Waals surface area (Å²) in [7, 11) is 1.63. The molecule has 20 heavy (non-hydrogen) atoms. The minimum absolute atomic E-state index is 0.435. The maximum absolute atomic E-state index is 5.98. The average Bonchev–Trinajstić information content (AvgIpc) is 2.90. The normalized spacial score (nSPS) is 10.4. The molecule has 0 amide bonds. The fourth-order valence-corrected chi connectivity index (χ4v) is 2.07. The Balaban J connectivity index is 2.16. The Labute approximate surface area is 115 Å². The number of methoxy groups -OCH3 is 1. The summed E-state index contributed by atoms with van der Waals surface area (Å²) in [6.07, 6.45) is 3.29. The number of nitrogens with two attached hydrogens (primary N) is 1. The van der Waals surface area contributed by atoms with Gasteiger partial charge in [0.1, 0.15) is 5.75 Å². The SMILES string of the molecule is COc1cccc(-c2c(N)n[nH]c2-c2ccnnc2)c1. The van der Waals surface area contributed by atoms with Crippen molar-refractivity contribution in [3.63, 3.8) is 0 Å². The summed E-state index contributed by atoms with van der Waals surface area (Å²) in [6.45, 7) is 0. The van der Waals surface area contributed by atoms with Crippen LogP contribution in [0.1, 0.15) is 0 Å². The number of anilines is 1. The maximum Gasteiger partial charge on any atom is 0.153 e.